The smallest absolute Gasteiger partial charge is 0.229 e. The highest BCUT2D eigenvalue weighted by Crippen LogP contribution is 2.31. The fourth-order valence-corrected chi connectivity index (χ4v) is 2.33. The maximum absolute atomic E-state index is 13.0. The molecule has 1 heterocycles. The normalized spacial score (nSPS) is 11.9. The Balaban J connectivity index is 2.59. The molecule has 0 aliphatic carbocycles. The Bertz CT molecular complexity index is 562. The number of benzene rings is 1. The maximum atomic E-state index is 13.0. The molecule has 2 rings (SSSR count). The fourth-order valence-electron chi connectivity index (χ4n) is 1.27. The quantitative estimate of drug-likeness (QED) is 0.872. The van der Waals surface area contributed by atoms with Crippen molar-refractivity contribution in [2.24, 2.45) is 5.73 Å². The lowest BCUT2D eigenvalue weighted by atomic mass is 9.94. The molecule has 0 atom stereocenters. The number of amides is 1. The van der Waals surface area contributed by atoms with Crippen LogP contribution in [0.2, 0.25) is 0 Å². The molecule has 0 bridgehead atoms. The first-order valence-corrected chi connectivity index (χ1v) is 5.59. The molecule has 1 aromatic heterocycles. The predicted molar refractivity (Wildman–Crippen MR) is 61.8 cm³/mol. The second-order valence-corrected chi connectivity index (χ2v) is 5.15. The van der Waals surface area contributed by atoms with Crippen molar-refractivity contribution in [3.63, 3.8) is 0 Å². The number of primary amides is 1. The predicted octanol–water partition coefficient (Wildman–Crippen LogP) is 2.20. The average molecular weight is 238 g/mol. The molecule has 16 heavy (non-hydrogen) atoms. The third-order valence-corrected chi connectivity index (χ3v) is 3.86. The first kappa shape index (κ1) is 11.0. The number of aromatic nitrogens is 1. The van der Waals surface area contributed by atoms with Gasteiger partial charge in [-0.3, -0.25) is 4.79 Å². The summed E-state index contributed by atoms with van der Waals surface area (Å²) < 4.78 is 13.8. The molecule has 0 unspecified atom stereocenters. The molecule has 2 N–H and O–H groups in total. The van der Waals surface area contributed by atoms with E-state index >= 15 is 0 Å². The molecule has 0 aliphatic heterocycles. The van der Waals surface area contributed by atoms with Crippen LogP contribution in [0.3, 0.4) is 0 Å². The minimum absolute atomic E-state index is 0.332. The van der Waals surface area contributed by atoms with Crippen molar-refractivity contribution in [3.05, 3.63) is 29.0 Å². The molecule has 0 radical (unpaired) electrons. The van der Waals surface area contributed by atoms with Crippen LogP contribution in [-0.4, -0.2) is 10.9 Å². The second kappa shape index (κ2) is 3.52. The lowest BCUT2D eigenvalue weighted by Gasteiger charge is -2.16. The average Bonchev–Trinajstić information content (AvgIpc) is 2.60. The van der Waals surface area contributed by atoms with E-state index in [4.69, 9.17) is 5.73 Å². The van der Waals surface area contributed by atoms with E-state index in [9.17, 15) is 9.18 Å². The number of rotatable bonds is 2. The van der Waals surface area contributed by atoms with Gasteiger partial charge in [-0.25, -0.2) is 9.37 Å². The highest BCUT2D eigenvalue weighted by Gasteiger charge is 2.31. The first-order chi connectivity index (χ1) is 7.41. The minimum atomic E-state index is -0.819. The molecule has 1 aromatic carbocycles. The van der Waals surface area contributed by atoms with Gasteiger partial charge in [0.15, 0.2) is 0 Å². The number of nitrogens with zero attached hydrogens (tertiary/aromatic N) is 1. The molecule has 2 aromatic rings. The van der Waals surface area contributed by atoms with E-state index in [1.807, 2.05) is 0 Å². The van der Waals surface area contributed by atoms with Crippen LogP contribution < -0.4 is 5.73 Å². The molecule has 0 aliphatic rings. The van der Waals surface area contributed by atoms with E-state index in [2.05, 4.69) is 4.98 Å². The van der Waals surface area contributed by atoms with Gasteiger partial charge in [-0.15, -0.1) is 11.3 Å². The number of thiazole rings is 1. The molecule has 1 amide bonds. The molecule has 0 spiro atoms. The third-order valence-electron chi connectivity index (χ3n) is 2.50. The third kappa shape index (κ3) is 1.67. The Kier molecular flexibility index (Phi) is 2.42. The summed E-state index contributed by atoms with van der Waals surface area (Å²) in [4.78, 5) is 15.5. The van der Waals surface area contributed by atoms with Crippen LogP contribution in [0, 0.1) is 5.82 Å². The standard InChI is InChI=1S/C11H11FN2OS/c1-11(2,9(13)15)10-14-7-5-6(12)3-4-8(7)16-10/h3-5H,1-2H3,(H2,13,15). The number of halogens is 1. The second-order valence-electron chi connectivity index (χ2n) is 4.12. The van der Waals surface area contributed by atoms with Crippen molar-refractivity contribution < 1.29 is 9.18 Å². The first-order valence-electron chi connectivity index (χ1n) is 4.78. The number of hydrogen-bond acceptors (Lipinski definition) is 3. The van der Waals surface area contributed by atoms with E-state index in [0.717, 1.165) is 4.70 Å². The molecule has 0 saturated heterocycles. The highest BCUT2D eigenvalue weighted by atomic mass is 32.1. The van der Waals surface area contributed by atoms with Crippen LogP contribution in [0.15, 0.2) is 18.2 Å². The van der Waals surface area contributed by atoms with E-state index in [1.165, 1.54) is 23.5 Å². The summed E-state index contributed by atoms with van der Waals surface area (Å²) >= 11 is 1.36. The van der Waals surface area contributed by atoms with Gasteiger partial charge in [0.05, 0.1) is 15.6 Å². The van der Waals surface area contributed by atoms with E-state index < -0.39 is 11.3 Å². The lowest BCUT2D eigenvalue weighted by molar-refractivity contribution is -0.122. The molecule has 0 saturated carbocycles. The van der Waals surface area contributed by atoms with Crippen LogP contribution in [0.1, 0.15) is 18.9 Å². The summed E-state index contributed by atoms with van der Waals surface area (Å²) in [7, 11) is 0. The summed E-state index contributed by atoms with van der Waals surface area (Å²) in [6, 6.07) is 4.39. The van der Waals surface area contributed by atoms with Crippen LogP contribution in [0.25, 0.3) is 10.2 Å². The van der Waals surface area contributed by atoms with Crippen molar-refractivity contribution in [2.75, 3.05) is 0 Å². The van der Waals surface area contributed by atoms with Crippen LogP contribution >= 0.6 is 11.3 Å². The molecule has 84 valence electrons. The number of hydrogen-bond donors (Lipinski definition) is 1. The van der Waals surface area contributed by atoms with Crippen LogP contribution in [0.4, 0.5) is 4.39 Å². The Hall–Kier alpha value is -1.49. The Morgan fingerprint density at radius 1 is 1.50 bits per heavy atom. The van der Waals surface area contributed by atoms with Gasteiger partial charge in [-0.2, -0.15) is 0 Å². The molecular formula is C11H11FN2OS. The Morgan fingerprint density at radius 2 is 2.19 bits per heavy atom. The van der Waals surface area contributed by atoms with Gasteiger partial charge in [0.2, 0.25) is 5.91 Å². The van der Waals surface area contributed by atoms with Crippen molar-refractivity contribution in [1.82, 2.24) is 4.98 Å². The fraction of sp³-hybridized carbons (Fsp3) is 0.273. The van der Waals surface area contributed by atoms with Gasteiger partial charge in [-0.05, 0) is 26.0 Å². The largest absolute Gasteiger partial charge is 0.369 e. The van der Waals surface area contributed by atoms with Crippen molar-refractivity contribution in [1.29, 1.82) is 0 Å². The van der Waals surface area contributed by atoms with Gasteiger partial charge >= 0.3 is 0 Å². The summed E-state index contributed by atoms with van der Waals surface area (Å²) in [5.41, 5.74) is 5.05. The Labute approximate surface area is 96.1 Å². The maximum Gasteiger partial charge on any atom is 0.229 e. The van der Waals surface area contributed by atoms with E-state index in [1.54, 1.807) is 19.9 Å². The molecule has 0 fully saturated rings. The van der Waals surface area contributed by atoms with Gasteiger partial charge in [-0.1, -0.05) is 0 Å². The summed E-state index contributed by atoms with van der Waals surface area (Å²) in [5, 5.41) is 0.612. The van der Waals surface area contributed by atoms with Crippen LogP contribution in [-0.2, 0) is 10.2 Å². The lowest BCUT2D eigenvalue weighted by Crippen LogP contribution is -2.35. The SMILES string of the molecule is CC(C)(C(N)=O)c1nc2cc(F)ccc2s1. The molecule has 3 nitrogen and oxygen atoms in total. The van der Waals surface area contributed by atoms with E-state index in [-0.39, 0.29) is 5.82 Å². The number of fused-ring (bicyclic) bond motifs is 1. The Morgan fingerprint density at radius 3 is 2.81 bits per heavy atom. The molecule has 5 heteroatoms. The van der Waals surface area contributed by atoms with Crippen molar-refractivity contribution in [3.8, 4) is 0 Å². The summed E-state index contributed by atoms with van der Waals surface area (Å²) in [5.74, 6) is -0.770. The van der Waals surface area contributed by atoms with Gasteiger partial charge in [0.1, 0.15) is 10.8 Å². The summed E-state index contributed by atoms with van der Waals surface area (Å²) in [6.45, 7) is 3.42. The van der Waals surface area contributed by atoms with Gasteiger partial charge in [0.25, 0.3) is 0 Å². The molecular weight excluding hydrogens is 227 g/mol. The van der Waals surface area contributed by atoms with Crippen molar-refractivity contribution >= 4 is 27.5 Å². The minimum Gasteiger partial charge on any atom is -0.369 e. The van der Waals surface area contributed by atoms with Gasteiger partial charge < -0.3 is 5.73 Å². The number of nitrogens with two attached hydrogens (primary N) is 1. The zero-order valence-corrected chi connectivity index (χ0v) is 9.77. The van der Waals surface area contributed by atoms with Gasteiger partial charge in [0, 0.05) is 6.07 Å². The number of carbonyl (C=O) groups is 1. The highest BCUT2D eigenvalue weighted by molar-refractivity contribution is 7.18. The zero-order chi connectivity index (χ0) is 11.9. The number of carbonyl (C=O) groups excluding carboxylic acids is 1. The topological polar surface area (TPSA) is 56.0 Å². The monoisotopic (exact) mass is 238 g/mol. The summed E-state index contributed by atoms with van der Waals surface area (Å²) in [6.07, 6.45) is 0. The van der Waals surface area contributed by atoms with E-state index in [0.29, 0.717) is 10.5 Å². The van der Waals surface area contributed by atoms with Crippen molar-refractivity contribution in [2.45, 2.75) is 19.3 Å². The zero-order valence-electron chi connectivity index (χ0n) is 8.95. The van der Waals surface area contributed by atoms with Crippen LogP contribution in [0.5, 0.6) is 0 Å².